The van der Waals surface area contributed by atoms with E-state index in [1.54, 1.807) is 0 Å². The topological polar surface area (TPSA) is 49.3 Å². The van der Waals surface area contributed by atoms with Gasteiger partial charge in [-0.2, -0.15) is 0 Å². The van der Waals surface area contributed by atoms with Gasteiger partial charge < -0.3 is 10.4 Å². The molecule has 0 spiro atoms. The van der Waals surface area contributed by atoms with Gasteiger partial charge in [-0.3, -0.25) is 4.79 Å². The largest absolute Gasteiger partial charge is 0.480 e. The highest BCUT2D eigenvalue weighted by molar-refractivity contribution is 5.74. The van der Waals surface area contributed by atoms with Gasteiger partial charge in [0.1, 0.15) is 6.04 Å². The Bertz CT molecular complexity index is 190. The first-order valence-electron chi connectivity index (χ1n) is 5.65. The van der Waals surface area contributed by atoms with Crippen molar-refractivity contribution < 1.29 is 9.90 Å². The maximum Gasteiger partial charge on any atom is 0.320 e. The van der Waals surface area contributed by atoms with Crippen molar-refractivity contribution in [1.82, 2.24) is 5.32 Å². The lowest BCUT2D eigenvalue weighted by Gasteiger charge is -2.20. The molecule has 0 radical (unpaired) electrons. The molecule has 2 N–H and O–H groups in total. The molecule has 1 aliphatic heterocycles. The third-order valence-electron chi connectivity index (χ3n) is 3.41. The number of hydrogen-bond donors (Lipinski definition) is 2. The Morgan fingerprint density at radius 1 is 1.50 bits per heavy atom. The number of carbonyl (C=O) groups is 1. The number of carboxylic acid groups (broad SMARTS) is 1. The van der Waals surface area contributed by atoms with Gasteiger partial charge >= 0.3 is 5.97 Å². The van der Waals surface area contributed by atoms with Crippen molar-refractivity contribution in [3.8, 4) is 0 Å². The summed E-state index contributed by atoms with van der Waals surface area (Å²) in [6.45, 7) is 5.24. The van der Waals surface area contributed by atoms with Crippen LogP contribution in [0.4, 0.5) is 0 Å². The van der Waals surface area contributed by atoms with E-state index in [1.807, 2.05) is 0 Å². The van der Waals surface area contributed by atoms with Crippen molar-refractivity contribution in [3.05, 3.63) is 0 Å². The van der Waals surface area contributed by atoms with Gasteiger partial charge in [0.2, 0.25) is 0 Å². The fourth-order valence-corrected chi connectivity index (χ4v) is 2.35. The lowest BCUT2D eigenvalue weighted by atomic mass is 9.86. The molecular formula is C11H21NO2. The van der Waals surface area contributed by atoms with Gasteiger partial charge in [-0.1, -0.05) is 26.7 Å². The first-order valence-corrected chi connectivity index (χ1v) is 5.65. The molecule has 1 fully saturated rings. The van der Waals surface area contributed by atoms with Crippen LogP contribution >= 0.6 is 0 Å². The van der Waals surface area contributed by atoms with Crippen molar-refractivity contribution >= 4 is 5.97 Å². The monoisotopic (exact) mass is 199 g/mol. The SMILES string of the molecule is CCC(CC)C[C@@H]1CCN[C@@H]1C(=O)O. The maximum absolute atomic E-state index is 10.9. The zero-order valence-corrected chi connectivity index (χ0v) is 9.12. The van der Waals surface area contributed by atoms with Gasteiger partial charge in [0.05, 0.1) is 0 Å². The lowest BCUT2D eigenvalue weighted by molar-refractivity contribution is -0.140. The molecule has 0 aliphatic carbocycles. The van der Waals surface area contributed by atoms with Crippen LogP contribution in [0.1, 0.15) is 39.5 Å². The van der Waals surface area contributed by atoms with Crippen molar-refractivity contribution in [2.24, 2.45) is 11.8 Å². The van der Waals surface area contributed by atoms with Crippen LogP contribution < -0.4 is 5.32 Å². The Labute approximate surface area is 85.9 Å². The fraction of sp³-hybridized carbons (Fsp3) is 0.909. The lowest BCUT2D eigenvalue weighted by Crippen LogP contribution is -2.36. The molecule has 1 saturated heterocycles. The van der Waals surface area contributed by atoms with Crippen molar-refractivity contribution in [2.75, 3.05) is 6.54 Å². The third kappa shape index (κ3) is 2.71. The summed E-state index contributed by atoms with van der Waals surface area (Å²) in [5, 5.41) is 12.0. The van der Waals surface area contributed by atoms with Crippen LogP contribution in [-0.4, -0.2) is 23.7 Å². The van der Waals surface area contributed by atoms with E-state index in [9.17, 15) is 4.79 Å². The van der Waals surface area contributed by atoms with E-state index >= 15 is 0 Å². The molecule has 82 valence electrons. The molecular weight excluding hydrogens is 178 g/mol. The van der Waals surface area contributed by atoms with Gasteiger partial charge in [-0.05, 0) is 31.2 Å². The van der Waals surface area contributed by atoms with E-state index in [4.69, 9.17) is 5.11 Å². The summed E-state index contributed by atoms with van der Waals surface area (Å²) in [4.78, 5) is 10.9. The first kappa shape index (κ1) is 11.5. The predicted molar refractivity (Wildman–Crippen MR) is 56.2 cm³/mol. The van der Waals surface area contributed by atoms with Crippen LogP contribution in [0, 0.1) is 11.8 Å². The molecule has 0 bridgehead atoms. The quantitative estimate of drug-likeness (QED) is 0.710. The van der Waals surface area contributed by atoms with Gasteiger partial charge in [0.25, 0.3) is 0 Å². The maximum atomic E-state index is 10.9. The number of nitrogens with one attached hydrogen (secondary N) is 1. The highest BCUT2D eigenvalue weighted by atomic mass is 16.4. The minimum Gasteiger partial charge on any atom is -0.480 e. The van der Waals surface area contributed by atoms with Crippen LogP contribution in [0.2, 0.25) is 0 Å². The summed E-state index contributed by atoms with van der Waals surface area (Å²) in [7, 11) is 0. The smallest absolute Gasteiger partial charge is 0.320 e. The zero-order valence-electron chi connectivity index (χ0n) is 9.12. The predicted octanol–water partition coefficient (Wildman–Crippen LogP) is 1.88. The van der Waals surface area contributed by atoms with E-state index < -0.39 is 5.97 Å². The highest BCUT2D eigenvalue weighted by Gasteiger charge is 2.33. The molecule has 0 saturated carbocycles. The van der Waals surface area contributed by atoms with Crippen LogP contribution in [0.5, 0.6) is 0 Å². The van der Waals surface area contributed by atoms with Gasteiger partial charge in [0.15, 0.2) is 0 Å². The summed E-state index contributed by atoms with van der Waals surface area (Å²) in [5.74, 6) is 0.359. The Morgan fingerprint density at radius 3 is 2.64 bits per heavy atom. The van der Waals surface area contributed by atoms with Crippen LogP contribution in [0.15, 0.2) is 0 Å². The molecule has 0 aromatic heterocycles. The molecule has 3 nitrogen and oxygen atoms in total. The van der Waals surface area contributed by atoms with Gasteiger partial charge in [-0.25, -0.2) is 0 Å². The molecule has 1 rings (SSSR count). The second-order valence-electron chi connectivity index (χ2n) is 4.24. The van der Waals surface area contributed by atoms with E-state index in [1.165, 1.54) is 12.8 Å². The van der Waals surface area contributed by atoms with Crippen molar-refractivity contribution in [3.63, 3.8) is 0 Å². The minimum absolute atomic E-state index is 0.296. The number of hydrogen-bond acceptors (Lipinski definition) is 2. The van der Waals surface area contributed by atoms with Crippen LogP contribution in [0.3, 0.4) is 0 Å². The molecule has 1 heterocycles. The van der Waals surface area contributed by atoms with E-state index in [0.717, 1.165) is 19.4 Å². The summed E-state index contributed by atoms with van der Waals surface area (Å²) >= 11 is 0. The molecule has 0 aromatic carbocycles. The van der Waals surface area contributed by atoms with E-state index in [-0.39, 0.29) is 6.04 Å². The Kier molecular flexibility index (Phi) is 4.39. The van der Waals surface area contributed by atoms with E-state index in [0.29, 0.717) is 11.8 Å². The molecule has 0 amide bonds. The number of carboxylic acids is 1. The first-order chi connectivity index (χ1) is 6.69. The average Bonchev–Trinajstić information content (AvgIpc) is 2.62. The summed E-state index contributed by atoms with van der Waals surface area (Å²) in [5.41, 5.74) is 0. The van der Waals surface area contributed by atoms with Gasteiger partial charge in [-0.15, -0.1) is 0 Å². The molecule has 0 aromatic rings. The summed E-state index contributed by atoms with van der Waals surface area (Å²) < 4.78 is 0. The molecule has 2 atom stereocenters. The fourth-order valence-electron chi connectivity index (χ4n) is 2.35. The van der Waals surface area contributed by atoms with Crippen molar-refractivity contribution in [2.45, 2.75) is 45.6 Å². The van der Waals surface area contributed by atoms with E-state index in [2.05, 4.69) is 19.2 Å². The Balaban J connectivity index is 2.46. The molecule has 14 heavy (non-hydrogen) atoms. The van der Waals surface area contributed by atoms with Crippen molar-refractivity contribution in [1.29, 1.82) is 0 Å². The molecule has 1 aliphatic rings. The summed E-state index contributed by atoms with van der Waals surface area (Å²) in [6, 6.07) is -0.296. The van der Waals surface area contributed by atoms with Crippen LogP contribution in [0.25, 0.3) is 0 Å². The number of rotatable bonds is 5. The van der Waals surface area contributed by atoms with Crippen LogP contribution in [-0.2, 0) is 4.79 Å². The Hall–Kier alpha value is -0.570. The Morgan fingerprint density at radius 2 is 2.14 bits per heavy atom. The normalized spacial score (nSPS) is 27.1. The minimum atomic E-state index is -0.682. The third-order valence-corrected chi connectivity index (χ3v) is 3.41. The zero-order chi connectivity index (χ0) is 10.6. The number of aliphatic carboxylic acids is 1. The average molecular weight is 199 g/mol. The standard InChI is InChI=1S/C11H21NO2/c1-3-8(4-2)7-9-5-6-12-10(9)11(13)14/h8-10,12H,3-7H2,1-2H3,(H,13,14)/t9-,10-/m0/s1. The molecule has 0 unspecified atom stereocenters. The molecule has 3 heteroatoms. The highest BCUT2D eigenvalue weighted by Crippen LogP contribution is 2.27. The van der Waals surface area contributed by atoms with Gasteiger partial charge in [0, 0.05) is 0 Å². The second-order valence-corrected chi connectivity index (χ2v) is 4.24. The second kappa shape index (κ2) is 5.35. The summed E-state index contributed by atoms with van der Waals surface area (Å²) in [6.07, 6.45) is 4.42.